The average Bonchev–Trinajstić information content (AvgIpc) is 3.31. The standard InChI is InChI=1S/C27H33N5O3/c1-15(2)25-31-32-26(35-25)27(14-16(3)28)21-10-8-19(23(33)29-4)12-17(21)6-7-18-13-20(24(34)30-5)9-11-22(18)27/h8-13,15-16H,6-7,14,28H2,1-5H3,(H,29,33)(H,30,34)/t16-/m0/s1. The lowest BCUT2D eigenvalue weighted by molar-refractivity contribution is 0.0955. The fourth-order valence-corrected chi connectivity index (χ4v) is 5.08. The van der Waals surface area contributed by atoms with Gasteiger partial charge in [0, 0.05) is 37.2 Å². The van der Waals surface area contributed by atoms with Gasteiger partial charge in [-0.3, -0.25) is 9.59 Å². The second-order valence-electron chi connectivity index (χ2n) is 9.59. The summed E-state index contributed by atoms with van der Waals surface area (Å²) in [5.41, 5.74) is 10.8. The van der Waals surface area contributed by atoms with Crippen molar-refractivity contribution < 1.29 is 14.0 Å². The summed E-state index contributed by atoms with van der Waals surface area (Å²) in [7, 11) is 3.24. The van der Waals surface area contributed by atoms with E-state index in [1.165, 1.54) is 0 Å². The largest absolute Gasteiger partial charge is 0.424 e. The molecule has 3 aromatic rings. The maximum atomic E-state index is 12.4. The van der Waals surface area contributed by atoms with E-state index in [2.05, 4.69) is 20.8 Å². The summed E-state index contributed by atoms with van der Waals surface area (Å²) in [4.78, 5) is 24.9. The van der Waals surface area contributed by atoms with Crippen LogP contribution in [0.3, 0.4) is 0 Å². The van der Waals surface area contributed by atoms with Crippen molar-refractivity contribution in [2.75, 3.05) is 14.1 Å². The summed E-state index contributed by atoms with van der Waals surface area (Å²) in [6.07, 6.45) is 1.90. The Balaban J connectivity index is 2.05. The molecule has 1 atom stereocenters. The van der Waals surface area contributed by atoms with Gasteiger partial charge in [-0.2, -0.15) is 0 Å². The summed E-state index contributed by atoms with van der Waals surface area (Å²) in [5.74, 6) is 0.812. The molecule has 0 bridgehead atoms. The van der Waals surface area contributed by atoms with Gasteiger partial charge in [0.15, 0.2) is 0 Å². The number of nitrogens with zero attached hydrogens (tertiary/aromatic N) is 2. The number of amides is 2. The third kappa shape index (κ3) is 4.34. The van der Waals surface area contributed by atoms with Crippen molar-refractivity contribution in [2.24, 2.45) is 5.73 Å². The van der Waals surface area contributed by atoms with Crippen LogP contribution < -0.4 is 16.4 Å². The molecule has 2 amide bonds. The number of aryl methyl sites for hydroxylation is 2. The molecular formula is C27H33N5O3. The molecule has 1 aromatic heterocycles. The predicted molar refractivity (Wildman–Crippen MR) is 134 cm³/mol. The molecule has 1 aliphatic rings. The number of fused-ring (bicyclic) bond motifs is 2. The van der Waals surface area contributed by atoms with Crippen LogP contribution in [0.25, 0.3) is 0 Å². The number of nitrogens with one attached hydrogen (secondary N) is 2. The number of hydrogen-bond donors (Lipinski definition) is 3. The highest BCUT2D eigenvalue weighted by Crippen LogP contribution is 2.47. The van der Waals surface area contributed by atoms with Gasteiger partial charge in [0.1, 0.15) is 5.41 Å². The second kappa shape index (κ2) is 9.62. The first kappa shape index (κ1) is 24.6. The van der Waals surface area contributed by atoms with Gasteiger partial charge in [0.2, 0.25) is 11.8 Å². The van der Waals surface area contributed by atoms with Crippen LogP contribution in [0.5, 0.6) is 0 Å². The maximum absolute atomic E-state index is 12.4. The van der Waals surface area contributed by atoms with Crippen molar-refractivity contribution in [1.82, 2.24) is 20.8 Å². The lowest BCUT2D eigenvalue weighted by atomic mass is 9.68. The van der Waals surface area contributed by atoms with Gasteiger partial charge in [-0.25, -0.2) is 0 Å². The summed E-state index contributed by atoms with van der Waals surface area (Å²) in [6, 6.07) is 11.3. The lowest BCUT2D eigenvalue weighted by Crippen LogP contribution is -2.37. The van der Waals surface area contributed by atoms with Gasteiger partial charge >= 0.3 is 0 Å². The number of hydrogen-bond acceptors (Lipinski definition) is 6. The van der Waals surface area contributed by atoms with Gasteiger partial charge in [-0.15, -0.1) is 10.2 Å². The van der Waals surface area contributed by atoms with E-state index in [0.717, 1.165) is 22.3 Å². The smallest absolute Gasteiger partial charge is 0.251 e. The average molecular weight is 476 g/mol. The topological polar surface area (TPSA) is 123 Å². The molecule has 0 spiro atoms. The quantitative estimate of drug-likeness (QED) is 0.503. The van der Waals surface area contributed by atoms with E-state index in [0.29, 0.717) is 42.2 Å². The fourth-order valence-electron chi connectivity index (χ4n) is 5.08. The first-order chi connectivity index (χ1) is 16.7. The molecule has 0 unspecified atom stereocenters. The molecule has 0 aliphatic heterocycles. The van der Waals surface area contributed by atoms with Gasteiger partial charge in [-0.1, -0.05) is 26.0 Å². The van der Waals surface area contributed by atoms with Gasteiger partial charge in [-0.05, 0) is 72.7 Å². The number of rotatable bonds is 6. The van der Waals surface area contributed by atoms with Gasteiger partial charge in [0.25, 0.3) is 11.8 Å². The number of carbonyl (C=O) groups is 2. The van der Waals surface area contributed by atoms with Crippen LogP contribution in [-0.2, 0) is 18.3 Å². The summed E-state index contributed by atoms with van der Waals surface area (Å²) < 4.78 is 6.32. The van der Waals surface area contributed by atoms with Crippen LogP contribution in [0.1, 0.15) is 87.9 Å². The normalized spacial score (nSPS) is 15.1. The van der Waals surface area contributed by atoms with E-state index in [9.17, 15) is 9.59 Å². The first-order valence-corrected chi connectivity index (χ1v) is 12.0. The van der Waals surface area contributed by atoms with Crippen molar-refractivity contribution in [3.63, 3.8) is 0 Å². The van der Waals surface area contributed by atoms with Gasteiger partial charge in [0.05, 0.1) is 0 Å². The summed E-state index contributed by atoms with van der Waals surface area (Å²) in [6.45, 7) is 5.98. The molecule has 184 valence electrons. The fraction of sp³-hybridized carbons (Fsp3) is 0.407. The van der Waals surface area contributed by atoms with Crippen molar-refractivity contribution in [3.8, 4) is 0 Å². The van der Waals surface area contributed by atoms with Crippen molar-refractivity contribution in [1.29, 1.82) is 0 Å². The van der Waals surface area contributed by atoms with Crippen LogP contribution in [0.4, 0.5) is 0 Å². The highest BCUT2D eigenvalue weighted by Gasteiger charge is 2.46. The minimum Gasteiger partial charge on any atom is -0.424 e. The number of benzene rings is 2. The van der Waals surface area contributed by atoms with E-state index in [4.69, 9.17) is 10.2 Å². The highest BCUT2D eigenvalue weighted by molar-refractivity contribution is 5.95. The molecule has 1 aliphatic carbocycles. The summed E-state index contributed by atoms with van der Waals surface area (Å²) >= 11 is 0. The van der Waals surface area contributed by atoms with Gasteiger partial charge < -0.3 is 20.8 Å². The van der Waals surface area contributed by atoms with Crippen LogP contribution in [-0.4, -0.2) is 42.1 Å². The van der Waals surface area contributed by atoms with Crippen molar-refractivity contribution in [3.05, 3.63) is 81.6 Å². The molecule has 2 aromatic carbocycles. The van der Waals surface area contributed by atoms with E-state index in [1.54, 1.807) is 14.1 Å². The number of carbonyl (C=O) groups excluding carboxylic acids is 2. The Bertz CT molecular complexity index is 1190. The zero-order valence-electron chi connectivity index (χ0n) is 20.9. The minimum absolute atomic E-state index is 0.0690. The van der Waals surface area contributed by atoms with E-state index in [1.807, 2.05) is 57.2 Å². The van der Waals surface area contributed by atoms with Crippen LogP contribution in [0, 0.1) is 0 Å². The molecule has 0 saturated carbocycles. The lowest BCUT2D eigenvalue weighted by Gasteiger charge is -2.35. The molecule has 0 saturated heterocycles. The SMILES string of the molecule is CNC(=O)c1ccc2c(c1)CCc1cc(C(=O)NC)ccc1C2(C[C@H](C)N)c1nnc(C(C)C)o1. The third-order valence-electron chi connectivity index (χ3n) is 6.70. The van der Waals surface area contributed by atoms with E-state index < -0.39 is 5.41 Å². The molecule has 4 rings (SSSR count). The maximum Gasteiger partial charge on any atom is 0.251 e. The van der Waals surface area contributed by atoms with E-state index in [-0.39, 0.29) is 23.8 Å². The Hall–Kier alpha value is -3.52. The Morgan fingerprint density at radius 2 is 1.46 bits per heavy atom. The second-order valence-corrected chi connectivity index (χ2v) is 9.59. The Morgan fingerprint density at radius 3 is 1.86 bits per heavy atom. The van der Waals surface area contributed by atoms with Crippen LogP contribution >= 0.6 is 0 Å². The van der Waals surface area contributed by atoms with Crippen molar-refractivity contribution in [2.45, 2.75) is 57.4 Å². The third-order valence-corrected chi connectivity index (χ3v) is 6.70. The molecule has 8 nitrogen and oxygen atoms in total. The number of aromatic nitrogens is 2. The highest BCUT2D eigenvalue weighted by atomic mass is 16.4. The molecule has 35 heavy (non-hydrogen) atoms. The van der Waals surface area contributed by atoms with E-state index >= 15 is 0 Å². The monoisotopic (exact) mass is 475 g/mol. The molecular weight excluding hydrogens is 442 g/mol. The Labute approximate surface area is 205 Å². The first-order valence-electron chi connectivity index (χ1n) is 12.0. The Morgan fingerprint density at radius 1 is 0.943 bits per heavy atom. The predicted octanol–water partition coefficient (Wildman–Crippen LogP) is 3.08. The van der Waals surface area contributed by atoms with Crippen molar-refractivity contribution >= 4 is 11.8 Å². The molecule has 1 heterocycles. The Kier molecular flexibility index (Phi) is 6.76. The number of nitrogens with two attached hydrogens (primary N) is 1. The minimum atomic E-state index is -0.822. The molecule has 0 radical (unpaired) electrons. The van der Waals surface area contributed by atoms with Crippen LogP contribution in [0.15, 0.2) is 40.8 Å². The molecule has 8 heteroatoms. The zero-order chi connectivity index (χ0) is 25.3. The summed E-state index contributed by atoms with van der Waals surface area (Å²) in [5, 5.41) is 14.3. The van der Waals surface area contributed by atoms with Crippen LogP contribution in [0.2, 0.25) is 0 Å². The zero-order valence-corrected chi connectivity index (χ0v) is 20.9. The molecule has 0 fully saturated rings. The molecule has 4 N–H and O–H groups in total.